The molecule has 1 atom stereocenters. The summed E-state index contributed by atoms with van der Waals surface area (Å²) >= 11 is 5.98. The number of anilines is 1. The van der Waals surface area contributed by atoms with E-state index in [0.717, 1.165) is 11.1 Å². The number of amides is 1. The fourth-order valence-electron chi connectivity index (χ4n) is 3.82. The lowest BCUT2D eigenvalue weighted by Gasteiger charge is -2.22. The van der Waals surface area contributed by atoms with Gasteiger partial charge in [0.1, 0.15) is 11.4 Å². The third-order valence-electron chi connectivity index (χ3n) is 5.16. The van der Waals surface area contributed by atoms with Crippen LogP contribution in [0.15, 0.2) is 59.0 Å². The van der Waals surface area contributed by atoms with Crippen molar-refractivity contribution < 1.29 is 14.0 Å². The first-order chi connectivity index (χ1) is 14.0. The number of aromatic nitrogens is 2. The number of rotatable bonds is 3. The third kappa shape index (κ3) is 2.93. The van der Waals surface area contributed by atoms with Crippen LogP contribution in [0, 0.1) is 6.92 Å². The molecule has 0 saturated carbocycles. The Labute approximate surface area is 171 Å². The maximum atomic E-state index is 13.3. The van der Waals surface area contributed by atoms with Crippen molar-refractivity contribution in [3.05, 3.63) is 76.6 Å². The second kappa shape index (κ2) is 6.60. The first-order valence-corrected chi connectivity index (χ1v) is 9.57. The maximum absolute atomic E-state index is 13.3. The number of nitrogens with zero attached hydrogens (tertiary/aromatic N) is 2. The summed E-state index contributed by atoms with van der Waals surface area (Å²) in [5.74, 6) is -0.357. The second-order valence-electron chi connectivity index (χ2n) is 7.05. The van der Waals surface area contributed by atoms with Gasteiger partial charge < -0.3 is 9.73 Å². The van der Waals surface area contributed by atoms with Gasteiger partial charge in [-0.25, -0.2) is 4.68 Å². The monoisotopic (exact) mass is 405 g/mol. The van der Waals surface area contributed by atoms with E-state index >= 15 is 0 Å². The molecule has 0 aliphatic carbocycles. The van der Waals surface area contributed by atoms with E-state index in [1.54, 1.807) is 22.9 Å². The summed E-state index contributed by atoms with van der Waals surface area (Å²) < 4.78 is 7.39. The summed E-state index contributed by atoms with van der Waals surface area (Å²) in [5, 5.41) is 8.90. The smallest absolute Gasteiger partial charge is 0.226 e. The van der Waals surface area contributed by atoms with E-state index in [-0.39, 0.29) is 23.9 Å². The number of carbonyl (C=O) groups excluding carboxylic acids is 2. The lowest BCUT2D eigenvalue weighted by molar-refractivity contribution is -0.116. The summed E-state index contributed by atoms with van der Waals surface area (Å²) in [6, 6.07) is 16.3. The Morgan fingerprint density at radius 1 is 1.21 bits per heavy atom. The van der Waals surface area contributed by atoms with E-state index in [9.17, 15) is 9.59 Å². The Kier molecular flexibility index (Phi) is 4.03. The highest BCUT2D eigenvalue weighted by Gasteiger charge is 2.37. The number of para-hydroxylation sites is 1. The van der Waals surface area contributed by atoms with Gasteiger partial charge >= 0.3 is 0 Å². The number of furan rings is 1. The average molecular weight is 406 g/mol. The van der Waals surface area contributed by atoms with Crippen molar-refractivity contribution in [3.63, 3.8) is 0 Å². The normalized spacial score (nSPS) is 15.9. The molecule has 2 aromatic carbocycles. The van der Waals surface area contributed by atoms with Gasteiger partial charge in [-0.15, -0.1) is 0 Å². The van der Waals surface area contributed by atoms with Gasteiger partial charge in [0, 0.05) is 22.4 Å². The number of hydrogen-bond donors (Lipinski definition) is 1. The van der Waals surface area contributed by atoms with Crippen LogP contribution in [0.25, 0.3) is 16.7 Å². The van der Waals surface area contributed by atoms with E-state index in [1.807, 2.05) is 43.3 Å². The molecule has 0 saturated heterocycles. The van der Waals surface area contributed by atoms with E-state index < -0.39 is 5.92 Å². The molecule has 7 heteroatoms. The number of hydrogen-bond acceptors (Lipinski definition) is 4. The molecular weight excluding hydrogens is 390 g/mol. The van der Waals surface area contributed by atoms with Gasteiger partial charge in [0.15, 0.2) is 5.76 Å². The van der Waals surface area contributed by atoms with Crippen LogP contribution in [0.4, 0.5) is 5.82 Å². The quantitative estimate of drug-likeness (QED) is 0.492. The lowest BCUT2D eigenvalue weighted by Crippen LogP contribution is -2.28. The highest BCUT2D eigenvalue weighted by Crippen LogP contribution is 2.39. The molecule has 1 amide bonds. The Morgan fingerprint density at radius 3 is 2.72 bits per heavy atom. The number of fused-ring (bicyclic) bond motifs is 2. The van der Waals surface area contributed by atoms with Crippen molar-refractivity contribution >= 4 is 40.1 Å². The maximum Gasteiger partial charge on any atom is 0.226 e. The van der Waals surface area contributed by atoms with Crippen molar-refractivity contribution in [3.8, 4) is 5.69 Å². The molecular formula is C22H16ClN3O3. The topological polar surface area (TPSA) is 77.1 Å². The summed E-state index contributed by atoms with van der Waals surface area (Å²) in [5.41, 5.74) is 2.79. The number of aryl methyl sites for hydroxylation is 1. The lowest BCUT2D eigenvalue weighted by atomic mass is 9.87. The van der Waals surface area contributed by atoms with Crippen LogP contribution in [0.2, 0.25) is 5.02 Å². The molecule has 1 aliphatic rings. The molecule has 0 bridgehead atoms. The van der Waals surface area contributed by atoms with Gasteiger partial charge in [-0.05, 0) is 43.3 Å². The zero-order valence-corrected chi connectivity index (χ0v) is 16.2. The molecule has 5 rings (SSSR count). The van der Waals surface area contributed by atoms with Crippen LogP contribution in [0.5, 0.6) is 0 Å². The van der Waals surface area contributed by atoms with Crippen LogP contribution >= 0.6 is 11.6 Å². The van der Waals surface area contributed by atoms with Gasteiger partial charge in [-0.3, -0.25) is 9.59 Å². The Balaban J connectivity index is 1.61. The molecule has 3 heterocycles. The molecule has 29 heavy (non-hydrogen) atoms. The third-order valence-corrected chi connectivity index (χ3v) is 5.41. The van der Waals surface area contributed by atoms with Crippen molar-refractivity contribution in [2.24, 2.45) is 0 Å². The average Bonchev–Trinajstić information content (AvgIpc) is 3.29. The van der Waals surface area contributed by atoms with E-state index in [4.69, 9.17) is 16.0 Å². The zero-order chi connectivity index (χ0) is 20.1. The number of Topliss-reactive ketones (excluding diaryl/α,β-unsaturated/α-hetero) is 1. The van der Waals surface area contributed by atoms with Gasteiger partial charge in [0.25, 0.3) is 0 Å². The molecule has 0 unspecified atom stereocenters. The number of nitrogens with one attached hydrogen (secondary N) is 1. The Bertz CT molecular complexity index is 1240. The molecule has 1 N–H and O–H groups in total. The second-order valence-corrected chi connectivity index (χ2v) is 7.49. The molecule has 0 fully saturated rings. The van der Waals surface area contributed by atoms with Crippen LogP contribution in [0.3, 0.4) is 0 Å². The van der Waals surface area contributed by atoms with Crippen LogP contribution in [0.1, 0.15) is 34.2 Å². The van der Waals surface area contributed by atoms with Gasteiger partial charge in [-0.1, -0.05) is 29.8 Å². The van der Waals surface area contributed by atoms with Crippen molar-refractivity contribution in [2.45, 2.75) is 19.3 Å². The molecule has 4 aromatic rings. The minimum absolute atomic E-state index is 0.0516. The number of benzene rings is 2. The van der Waals surface area contributed by atoms with Crippen molar-refractivity contribution in [2.75, 3.05) is 5.32 Å². The Morgan fingerprint density at radius 2 is 1.97 bits per heavy atom. The largest absolute Gasteiger partial charge is 0.453 e. The van der Waals surface area contributed by atoms with E-state index in [0.29, 0.717) is 27.7 Å². The standard InChI is InChI=1S/C22H16ClN3O3/c1-12-20-16(21(28)18-10-13-4-2-3-5-17(13)29-18)11-19(27)24-22(20)26(25-12)15-8-6-14(23)7-9-15/h2-10,16H,11H2,1H3,(H,24,27)/t16-/m0/s1. The van der Waals surface area contributed by atoms with Gasteiger partial charge in [-0.2, -0.15) is 5.10 Å². The fraction of sp³-hybridized carbons (Fsp3) is 0.136. The minimum Gasteiger partial charge on any atom is -0.453 e. The van der Waals surface area contributed by atoms with Gasteiger partial charge in [0.2, 0.25) is 11.7 Å². The molecule has 0 spiro atoms. The summed E-state index contributed by atoms with van der Waals surface area (Å²) in [4.78, 5) is 25.7. The minimum atomic E-state index is -0.652. The highest BCUT2D eigenvalue weighted by molar-refractivity contribution is 6.30. The first-order valence-electron chi connectivity index (χ1n) is 9.19. The Hall–Kier alpha value is -3.38. The zero-order valence-electron chi connectivity index (χ0n) is 15.5. The predicted molar refractivity (Wildman–Crippen MR) is 110 cm³/mol. The van der Waals surface area contributed by atoms with E-state index in [1.165, 1.54) is 0 Å². The summed E-state index contributed by atoms with van der Waals surface area (Å²) in [6.45, 7) is 1.83. The highest BCUT2D eigenvalue weighted by atomic mass is 35.5. The molecule has 6 nitrogen and oxygen atoms in total. The van der Waals surface area contributed by atoms with Crippen LogP contribution < -0.4 is 5.32 Å². The SMILES string of the molecule is Cc1nn(-c2ccc(Cl)cc2)c2c1[C@@H](C(=O)c1cc3ccccc3o1)CC(=O)N2. The molecule has 0 radical (unpaired) electrons. The van der Waals surface area contributed by atoms with Crippen molar-refractivity contribution in [1.29, 1.82) is 0 Å². The number of carbonyl (C=O) groups is 2. The summed E-state index contributed by atoms with van der Waals surface area (Å²) in [7, 11) is 0. The predicted octanol–water partition coefficient (Wildman–Crippen LogP) is 4.89. The molecule has 1 aliphatic heterocycles. The first kappa shape index (κ1) is 17.7. The molecule has 144 valence electrons. The van der Waals surface area contributed by atoms with Crippen molar-refractivity contribution in [1.82, 2.24) is 9.78 Å². The van der Waals surface area contributed by atoms with Crippen LogP contribution in [-0.4, -0.2) is 21.5 Å². The molecule has 2 aromatic heterocycles. The fourth-order valence-corrected chi connectivity index (χ4v) is 3.94. The van der Waals surface area contributed by atoms with Gasteiger partial charge in [0.05, 0.1) is 17.3 Å². The summed E-state index contributed by atoms with van der Waals surface area (Å²) in [6.07, 6.45) is 0.0516. The van der Waals surface area contributed by atoms with Crippen LogP contribution in [-0.2, 0) is 4.79 Å². The number of halogens is 1. The van der Waals surface area contributed by atoms with E-state index in [2.05, 4.69) is 10.4 Å². The number of ketones is 1.